The highest BCUT2D eigenvalue weighted by Crippen LogP contribution is 2.07. The molecule has 1 unspecified atom stereocenters. The Morgan fingerprint density at radius 3 is 2.33 bits per heavy atom. The zero-order valence-corrected chi connectivity index (χ0v) is 9.66. The first-order valence-corrected chi connectivity index (χ1v) is 4.85. The number of methoxy groups -OCH3 is 1. The molecule has 0 aliphatic carbocycles. The van der Waals surface area contributed by atoms with Crippen molar-refractivity contribution in [3.63, 3.8) is 0 Å². The van der Waals surface area contributed by atoms with Crippen LogP contribution in [0.1, 0.15) is 27.2 Å². The number of hydrogen-bond acceptors (Lipinski definition) is 3. The lowest BCUT2D eigenvalue weighted by atomic mass is 10.0. The van der Waals surface area contributed by atoms with Gasteiger partial charge in [0.15, 0.2) is 5.54 Å². The Balaban J connectivity index is 4.41. The van der Waals surface area contributed by atoms with E-state index in [-0.39, 0.29) is 18.4 Å². The Morgan fingerprint density at radius 2 is 2.00 bits per heavy atom. The summed E-state index contributed by atoms with van der Waals surface area (Å²) in [6.45, 7) is 5.17. The second kappa shape index (κ2) is 5.70. The summed E-state index contributed by atoms with van der Waals surface area (Å²) >= 11 is 0. The smallest absolute Gasteiger partial charge is 0.331 e. The predicted octanol–water partition coefficient (Wildman–Crippen LogP) is 0.638. The van der Waals surface area contributed by atoms with E-state index in [1.807, 2.05) is 13.8 Å². The second-order valence-electron chi connectivity index (χ2n) is 4.22. The van der Waals surface area contributed by atoms with E-state index in [1.54, 1.807) is 0 Å². The van der Waals surface area contributed by atoms with Crippen molar-refractivity contribution in [1.82, 2.24) is 5.32 Å². The zero-order chi connectivity index (χ0) is 12.1. The molecule has 5 nitrogen and oxygen atoms in total. The number of carboxylic acid groups (broad SMARTS) is 1. The quantitative estimate of drug-likeness (QED) is 0.684. The first-order chi connectivity index (χ1) is 6.81. The highest BCUT2D eigenvalue weighted by molar-refractivity contribution is 5.86. The van der Waals surface area contributed by atoms with Crippen LogP contribution in [0.4, 0.5) is 0 Å². The lowest BCUT2D eigenvalue weighted by Crippen LogP contribution is -2.55. The molecule has 0 bridgehead atoms. The molecule has 2 N–H and O–H groups in total. The van der Waals surface area contributed by atoms with Crippen LogP contribution in [0.3, 0.4) is 0 Å². The maximum Gasteiger partial charge on any atom is 0.331 e. The van der Waals surface area contributed by atoms with Gasteiger partial charge in [0, 0.05) is 13.5 Å². The number of hydrogen-bond donors (Lipinski definition) is 2. The highest BCUT2D eigenvalue weighted by atomic mass is 16.5. The van der Waals surface area contributed by atoms with E-state index in [1.165, 1.54) is 14.0 Å². The summed E-state index contributed by atoms with van der Waals surface area (Å²) in [5.74, 6) is -1.17. The van der Waals surface area contributed by atoms with Crippen LogP contribution in [0, 0.1) is 5.92 Å². The predicted molar refractivity (Wildman–Crippen MR) is 55.5 cm³/mol. The molecule has 0 aromatic heterocycles. The molecular weight excluding hydrogens is 198 g/mol. The molecule has 0 radical (unpaired) electrons. The number of carbonyl (C=O) groups is 2. The molecule has 0 spiro atoms. The Labute approximate surface area is 89.8 Å². The molecule has 0 heterocycles. The van der Waals surface area contributed by atoms with E-state index < -0.39 is 11.5 Å². The van der Waals surface area contributed by atoms with Crippen LogP contribution >= 0.6 is 0 Å². The van der Waals surface area contributed by atoms with Crippen LogP contribution in [0.2, 0.25) is 0 Å². The third kappa shape index (κ3) is 4.78. The van der Waals surface area contributed by atoms with Crippen molar-refractivity contribution < 1.29 is 19.4 Å². The topological polar surface area (TPSA) is 75.6 Å². The summed E-state index contributed by atoms with van der Waals surface area (Å²) in [4.78, 5) is 22.4. The van der Waals surface area contributed by atoms with Gasteiger partial charge >= 0.3 is 5.97 Å². The third-order valence-corrected chi connectivity index (χ3v) is 1.91. The highest BCUT2D eigenvalue weighted by Gasteiger charge is 2.34. The Bertz CT molecular complexity index is 240. The van der Waals surface area contributed by atoms with Crippen molar-refractivity contribution >= 4 is 11.9 Å². The monoisotopic (exact) mass is 217 g/mol. The largest absolute Gasteiger partial charge is 0.479 e. The fraction of sp³-hybridized carbons (Fsp3) is 0.800. The fourth-order valence-electron chi connectivity index (χ4n) is 1.17. The maximum atomic E-state index is 11.4. The van der Waals surface area contributed by atoms with E-state index in [4.69, 9.17) is 9.84 Å². The maximum absolute atomic E-state index is 11.4. The van der Waals surface area contributed by atoms with Crippen LogP contribution in [-0.4, -0.2) is 36.2 Å². The van der Waals surface area contributed by atoms with Gasteiger partial charge in [-0.25, -0.2) is 4.79 Å². The second-order valence-corrected chi connectivity index (χ2v) is 4.22. The molecule has 0 rings (SSSR count). The molecule has 0 saturated heterocycles. The first kappa shape index (κ1) is 13.9. The van der Waals surface area contributed by atoms with Crippen molar-refractivity contribution in [3.05, 3.63) is 0 Å². The molecular formula is C10H19NO4. The molecule has 0 aliphatic heterocycles. The molecule has 88 valence electrons. The molecule has 0 saturated carbocycles. The van der Waals surface area contributed by atoms with E-state index in [9.17, 15) is 9.59 Å². The number of amides is 1. The summed E-state index contributed by atoms with van der Waals surface area (Å²) in [5.41, 5.74) is -1.35. The molecule has 0 aromatic carbocycles. The summed E-state index contributed by atoms with van der Waals surface area (Å²) in [6.07, 6.45) is 0.312. The Hall–Kier alpha value is -1.10. The molecule has 1 amide bonds. The summed E-state index contributed by atoms with van der Waals surface area (Å²) in [5, 5.41) is 11.4. The first-order valence-electron chi connectivity index (χ1n) is 4.85. The van der Waals surface area contributed by atoms with Crippen LogP contribution in [0.5, 0.6) is 0 Å². The van der Waals surface area contributed by atoms with E-state index >= 15 is 0 Å². The zero-order valence-electron chi connectivity index (χ0n) is 9.66. The van der Waals surface area contributed by atoms with Crippen molar-refractivity contribution in [2.24, 2.45) is 5.92 Å². The minimum absolute atomic E-state index is 0.0494. The number of rotatable bonds is 6. The number of carbonyl (C=O) groups excluding carboxylic acids is 1. The van der Waals surface area contributed by atoms with Gasteiger partial charge in [0.05, 0.1) is 6.61 Å². The van der Waals surface area contributed by atoms with E-state index in [0.717, 1.165) is 0 Å². The van der Waals surface area contributed by atoms with Crippen LogP contribution in [0.25, 0.3) is 0 Å². The normalized spacial score (nSPS) is 14.7. The van der Waals surface area contributed by atoms with Crippen molar-refractivity contribution in [1.29, 1.82) is 0 Å². The third-order valence-electron chi connectivity index (χ3n) is 1.91. The number of nitrogens with one attached hydrogen (secondary N) is 1. The van der Waals surface area contributed by atoms with Crippen LogP contribution < -0.4 is 5.32 Å². The van der Waals surface area contributed by atoms with Crippen molar-refractivity contribution in [2.75, 3.05) is 13.7 Å². The van der Waals surface area contributed by atoms with Gasteiger partial charge in [-0.15, -0.1) is 0 Å². The average molecular weight is 217 g/mol. The summed E-state index contributed by atoms with van der Waals surface area (Å²) < 4.78 is 4.78. The van der Waals surface area contributed by atoms with E-state index in [2.05, 4.69) is 5.32 Å². The molecule has 1 atom stereocenters. The minimum atomic E-state index is -1.35. The molecule has 15 heavy (non-hydrogen) atoms. The lowest BCUT2D eigenvalue weighted by molar-refractivity contribution is -0.149. The Morgan fingerprint density at radius 1 is 1.47 bits per heavy atom. The minimum Gasteiger partial charge on any atom is -0.479 e. The molecule has 0 aliphatic rings. The van der Waals surface area contributed by atoms with Gasteiger partial charge in [-0.05, 0) is 12.8 Å². The standard InChI is InChI=1S/C10H19NO4/c1-7(2)5-8(12)11-10(3,6-15-4)9(13)14/h7H,5-6H2,1-4H3,(H,11,12)(H,13,14). The van der Waals surface area contributed by atoms with Crippen LogP contribution in [0.15, 0.2) is 0 Å². The van der Waals surface area contributed by atoms with Crippen molar-refractivity contribution in [2.45, 2.75) is 32.7 Å². The van der Waals surface area contributed by atoms with E-state index in [0.29, 0.717) is 6.42 Å². The van der Waals surface area contributed by atoms with Crippen LogP contribution in [-0.2, 0) is 14.3 Å². The fourth-order valence-corrected chi connectivity index (χ4v) is 1.17. The number of ether oxygens (including phenoxy) is 1. The van der Waals surface area contributed by atoms with Gasteiger partial charge in [0.2, 0.25) is 5.91 Å². The molecule has 0 aromatic rings. The number of carboxylic acids is 1. The van der Waals surface area contributed by atoms with Gasteiger partial charge in [-0.2, -0.15) is 0 Å². The summed E-state index contributed by atoms with van der Waals surface area (Å²) in [7, 11) is 1.40. The average Bonchev–Trinajstić information content (AvgIpc) is 2.01. The van der Waals surface area contributed by atoms with Crippen molar-refractivity contribution in [3.8, 4) is 0 Å². The Kier molecular flexibility index (Phi) is 5.28. The molecule has 5 heteroatoms. The van der Waals surface area contributed by atoms with Gasteiger partial charge in [0.1, 0.15) is 0 Å². The van der Waals surface area contributed by atoms with Gasteiger partial charge in [0.25, 0.3) is 0 Å². The van der Waals surface area contributed by atoms with Gasteiger partial charge in [-0.1, -0.05) is 13.8 Å². The summed E-state index contributed by atoms with van der Waals surface area (Å²) in [6, 6.07) is 0. The molecule has 0 fully saturated rings. The van der Waals surface area contributed by atoms with Gasteiger partial charge in [-0.3, -0.25) is 4.79 Å². The number of aliphatic carboxylic acids is 1. The SMILES string of the molecule is COCC(C)(NC(=O)CC(C)C)C(=O)O. The van der Waals surface area contributed by atoms with Gasteiger partial charge < -0.3 is 15.2 Å². The lowest BCUT2D eigenvalue weighted by Gasteiger charge is -2.25.